The van der Waals surface area contributed by atoms with E-state index < -0.39 is 57.4 Å². The second kappa shape index (κ2) is 13.6. The average Bonchev–Trinajstić information content (AvgIpc) is 3.70. The summed E-state index contributed by atoms with van der Waals surface area (Å²) in [4.78, 5) is 51.5. The van der Waals surface area contributed by atoms with Crippen molar-refractivity contribution < 1.29 is 41.0 Å². The minimum absolute atomic E-state index is 0.0458. The molecule has 1 fully saturated rings. The number of carbonyl (C=O) groups excluding carboxylic acids is 2. The van der Waals surface area contributed by atoms with Crippen molar-refractivity contribution in [1.82, 2.24) is 29.0 Å². The van der Waals surface area contributed by atoms with Crippen LogP contribution in [0.2, 0.25) is 5.02 Å². The number of aromatic nitrogens is 5. The Labute approximate surface area is 316 Å². The number of fused-ring (bicyclic) bond motifs is 3. The number of rotatable bonds is 7. The lowest BCUT2D eigenvalue weighted by molar-refractivity contribution is -0.137. The molecular weight excluding hydrogens is 769 g/mol. The number of likely N-dealkylation sites (tertiary alicyclic amines) is 1. The van der Waals surface area contributed by atoms with Crippen molar-refractivity contribution in [2.45, 2.75) is 44.2 Å². The van der Waals surface area contributed by atoms with E-state index in [1.807, 2.05) is 0 Å². The summed E-state index contributed by atoms with van der Waals surface area (Å²) in [5.41, 5.74) is -1.69. The Bertz CT molecular complexity index is 2540. The van der Waals surface area contributed by atoms with E-state index in [1.54, 1.807) is 31.2 Å². The summed E-state index contributed by atoms with van der Waals surface area (Å²) in [5.74, 6) is -1.46. The quantitative estimate of drug-likeness (QED) is 0.236. The van der Waals surface area contributed by atoms with Crippen LogP contribution in [0.4, 0.5) is 24.5 Å². The molecule has 0 bridgehead atoms. The van der Waals surface area contributed by atoms with Gasteiger partial charge in [-0.3, -0.25) is 18.7 Å². The summed E-state index contributed by atoms with van der Waals surface area (Å²) < 4.78 is 74.0. The molecule has 7 rings (SSSR count). The second-order valence-corrected chi connectivity index (χ2v) is 15.7. The Balaban J connectivity index is 1.29. The highest BCUT2D eigenvalue weighted by Gasteiger charge is 2.50. The topological polar surface area (TPSA) is 181 Å². The van der Waals surface area contributed by atoms with Crippen LogP contribution in [0.1, 0.15) is 53.2 Å². The molecule has 15 nitrogen and oxygen atoms in total. The first-order valence-electron chi connectivity index (χ1n) is 16.7. The minimum atomic E-state index is -4.65. The van der Waals surface area contributed by atoms with Crippen LogP contribution >= 0.6 is 11.6 Å². The number of nitrogens with zero attached hydrogens (tertiary/aromatic N) is 7. The third-order valence-electron chi connectivity index (χ3n) is 9.73. The third-order valence-corrected chi connectivity index (χ3v) is 11.3. The monoisotopic (exact) mass is 800 g/mol. The van der Waals surface area contributed by atoms with Crippen molar-refractivity contribution in [3.63, 3.8) is 0 Å². The number of carbonyl (C=O) groups is 2. The summed E-state index contributed by atoms with van der Waals surface area (Å²) in [5, 5.41) is 16.9. The summed E-state index contributed by atoms with van der Waals surface area (Å²) in [6.07, 6.45) is -2.66. The second-order valence-electron chi connectivity index (χ2n) is 13.2. The van der Waals surface area contributed by atoms with Gasteiger partial charge >= 0.3 is 6.18 Å². The highest BCUT2D eigenvalue weighted by molar-refractivity contribution is 7.92. The number of sulfonamides is 1. The van der Waals surface area contributed by atoms with Crippen molar-refractivity contribution in [1.29, 1.82) is 0 Å². The molecule has 5 aromatic rings. The van der Waals surface area contributed by atoms with E-state index in [2.05, 4.69) is 20.4 Å². The number of halogens is 4. The normalized spacial score (nSPS) is 16.7. The number of anilines is 2. The minimum Gasteiger partial charge on any atom is -0.505 e. The Morgan fingerprint density at radius 2 is 1.82 bits per heavy atom. The lowest BCUT2D eigenvalue weighted by atomic mass is 9.85. The zero-order valence-electron chi connectivity index (χ0n) is 29.3. The maximum atomic E-state index is 14.5. The van der Waals surface area contributed by atoms with E-state index in [4.69, 9.17) is 16.3 Å². The molecule has 1 atom stereocenters. The van der Waals surface area contributed by atoms with E-state index in [0.717, 1.165) is 27.2 Å². The summed E-state index contributed by atoms with van der Waals surface area (Å²) in [6, 6.07) is 11.6. The van der Waals surface area contributed by atoms with Gasteiger partial charge in [0.1, 0.15) is 17.9 Å². The van der Waals surface area contributed by atoms with Crippen LogP contribution in [0.3, 0.4) is 0 Å². The first-order valence-corrected chi connectivity index (χ1v) is 19.0. The third kappa shape index (κ3) is 6.87. The molecule has 55 heavy (non-hydrogen) atoms. The Hall–Kier alpha value is -5.53. The molecule has 1 spiro atoms. The van der Waals surface area contributed by atoms with E-state index in [1.165, 1.54) is 34.8 Å². The van der Waals surface area contributed by atoms with Crippen LogP contribution in [0, 0.1) is 0 Å². The molecule has 3 aromatic heterocycles. The van der Waals surface area contributed by atoms with Crippen LogP contribution in [0.15, 0.2) is 65.6 Å². The van der Waals surface area contributed by atoms with Crippen molar-refractivity contribution in [2.24, 2.45) is 0 Å². The summed E-state index contributed by atoms with van der Waals surface area (Å²) in [6.45, 7) is 1.46. The van der Waals surface area contributed by atoms with Gasteiger partial charge in [-0.05, 0) is 74.4 Å². The summed E-state index contributed by atoms with van der Waals surface area (Å²) >= 11 is 6.13. The van der Waals surface area contributed by atoms with Crippen LogP contribution in [0.25, 0.3) is 17.2 Å². The fourth-order valence-electron chi connectivity index (χ4n) is 6.94. The van der Waals surface area contributed by atoms with Gasteiger partial charge in [-0.15, -0.1) is 5.10 Å². The van der Waals surface area contributed by atoms with E-state index in [9.17, 15) is 41.1 Å². The predicted octanol–water partition coefficient (Wildman–Crippen LogP) is 4.59. The van der Waals surface area contributed by atoms with Gasteiger partial charge in [0.25, 0.3) is 11.5 Å². The molecule has 2 amide bonds. The molecule has 0 radical (unpaired) electrons. The maximum Gasteiger partial charge on any atom is 0.416 e. The molecule has 5 heterocycles. The Kier molecular flexibility index (Phi) is 9.37. The largest absolute Gasteiger partial charge is 0.505 e. The van der Waals surface area contributed by atoms with Gasteiger partial charge in [0.15, 0.2) is 11.5 Å². The number of hydrogen-bond acceptors (Lipinski definition) is 10. The average molecular weight is 801 g/mol. The summed E-state index contributed by atoms with van der Waals surface area (Å²) in [7, 11) is -2.16. The zero-order valence-corrected chi connectivity index (χ0v) is 30.9. The number of pyridine rings is 1. The van der Waals surface area contributed by atoms with Crippen LogP contribution in [0.5, 0.6) is 5.75 Å². The fraction of sp³-hybridized carbons (Fsp3) is 0.314. The van der Waals surface area contributed by atoms with Crippen molar-refractivity contribution >= 4 is 50.6 Å². The highest BCUT2D eigenvalue weighted by Crippen LogP contribution is 2.48. The van der Waals surface area contributed by atoms with Crippen molar-refractivity contribution in [2.75, 3.05) is 36.0 Å². The molecule has 20 heteroatoms. The smallest absolute Gasteiger partial charge is 0.416 e. The van der Waals surface area contributed by atoms with Gasteiger partial charge in [0, 0.05) is 31.9 Å². The number of nitrogens with one attached hydrogen (secondary N) is 1. The molecule has 1 saturated heterocycles. The van der Waals surface area contributed by atoms with Gasteiger partial charge in [0.05, 0.1) is 45.6 Å². The molecule has 2 aromatic carbocycles. The fourth-order valence-corrected chi connectivity index (χ4v) is 7.68. The molecule has 2 aliphatic heterocycles. The number of benzene rings is 2. The lowest BCUT2D eigenvalue weighted by Crippen LogP contribution is -2.47. The number of ether oxygens (including phenoxy) is 1. The Morgan fingerprint density at radius 1 is 1.13 bits per heavy atom. The first-order chi connectivity index (χ1) is 25.9. The highest BCUT2D eigenvalue weighted by atomic mass is 35.5. The van der Waals surface area contributed by atoms with E-state index in [-0.39, 0.29) is 65.3 Å². The number of alkyl halides is 3. The van der Waals surface area contributed by atoms with E-state index >= 15 is 0 Å². The standard InChI is InChI=1S/C35H32ClF3N8O7S/c1-19-29-27(34(54-19)12-15-45(16-13-34)32(51)28-25(48)5-4-14-40-28)31(50)47-33(42-30(43-47)20-6-9-22(10-7-20)44(2)55(3,52)53)46(29)18-26(49)41-24-11-8-21(17-23(24)36)35(37,38)39/h4-11,14,17,19,48H,12-13,15-16,18H2,1-3H3,(H,41,49)/t19-/m1/s1. The van der Waals surface area contributed by atoms with Crippen LogP contribution in [-0.2, 0) is 37.9 Å². The van der Waals surface area contributed by atoms with Gasteiger partial charge in [-0.1, -0.05) is 11.6 Å². The maximum absolute atomic E-state index is 14.5. The molecule has 2 N–H and O–H groups in total. The first kappa shape index (κ1) is 37.8. The SMILES string of the molecule is C[C@H]1OC2(CCN(C(=O)c3ncccc3O)CC2)c2c1n(CC(=O)Nc1ccc(C(F)(F)F)cc1Cl)c1nc(-c3ccc(N(C)S(C)(=O)=O)cc3)nn1c2=O. The van der Waals surface area contributed by atoms with Gasteiger partial charge in [-0.25, -0.2) is 13.4 Å². The number of aromatic hydroxyl groups is 1. The Morgan fingerprint density at radius 3 is 2.44 bits per heavy atom. The van der Waals surface area contributed by atoms with Crippen LogP contribution < -0.4 is 15.2 Å². The molecular formula is C35H32ClF3N8O7S. The van der Waals surface area contributed by atoms with E-state index in [0.29, 0.717) is 23.0 Å². The molecule has 0 saturated carbocycles. The zero-order chi connectivity index (χ0) is 39.6. The predicted molar refractivity (Wildman–Crippen MR) is 193 cm³/mol. The molecule has 0 aliphatic carbocycles. The van der Waals surface area contributed by atoms with Gasteiger partial charge in [-0.2, -0.15) is 22.7 Å². The number of piperidine rings is 1. The van der Waals surface area contributed by atoms with Crippen LogP contribution in [-0.4, -0.2) is 80.8 Å². The number of hydrogen-bond donors (Lipinski definition) is 2. The van der Waals surface area contributed by atoms with Gasteiger partial charge < -0.3 is 24.6 Å². The van der Waals surface area contributed by atoms with Crippen molar-refractivity contribution in [3.8, 4) is 17.1 Å². The number of amides is 2. The van der Waals surface area contributed by atoms with Gasteiger partial charge in [0.2, 0.25) is 21.7 Å². The molecule has 0 unspecified atom stereocenters. The lowest BCUT2D eigenvalue weighted by Gasteiger charge is -2.39. The molecule has 288 valence electrons. The van der Waals surface area contributed by atoms with Crippen molar-refractivity contribution in [3.05, 3.63) is 98.7 Å². The molecule has 2 aliphatic rings.